The zero-order valence-electron chi connectivity index (χ0n) is 19.8. The predicted octanol–water partition coefficient (Wildman–Crippen LogP) is 8.21. The minimum absolute atomic E-state index is 0.0618. The number of carbonyl (C=O) groups excluding carboxylic acids is 1. The second-order valence-corrected chi connectivity index (χ2v) is 9.94. The van der Waals surface area contributed by atoms with Crippen molar-refractivity contribution in [1.82, 2.24) is 5.32 Å². The Hall–Kier alpha value is -3.88. The number of benzene rings is 3. The van der Waals surface area contributed by atoms with Crippen LogP contribution in [0.5, 0.6) is 0 Å². The van der Waals surface area contributed by atoms with E-state index < -0.39 is 11.5 Å². The summed E-state index contributed by atoms with van der Waals surface area (Å²) in [4.78, 5) is 24.9. The van der Waals surface area contributed by atoms with Crippen molar-refractivity contribution in [3.05, 3.63) is 116 Å². The molecule has 2 aromatic heterocycles. The summed E-state index contributed by atoms with van der Waals surface area (Å²) in [7, 11) is 0. The summed E-state index contributed by atoms with van der Waals surface area (Å²) in [5.74, 6) is 0.521. The lowest BCUT2D eigenvalue weighted by Crippen LogP contribution is -2.32. The fourth-order valence-corrected chi connectivity index (χ4v) is 4.81. The van der Waals surface area contributed by atoms with Crippen LogP contribution in [-0.2, 0) is 4.79 Å². The molecule has 6 nitrogen and oxygen atoms in total. The number of carbonyl (C=O) groups is 1. The monoisotopic (exact) mass is 594 g/mol. The number of anilines is 1. The van der Waals surface area contributed by atoms with Gasteiger partial charge in [0, 0.05) is 33.3 Å². The van der Waals surface area contributed by atoms with E-state index >= 15 is 0 Å². The number of thiocarbonyl (C=S) groups is 1. The molecule has 0 spiro atoms. The molecule has 194 valence electrons. The number of fused-ring (bicyclic) bond motifs is 1. The molecule has 10 heteroatoms. The molecule has 0 aliphatic rings. The van der Waals surface area contributed by atoms with Crippen LogP contribution in [0.25, 0.3) is 39.5 Å². The van der Waals surface area contributed by atoms with Crippen LogP contribution in [0.2, 0.25) is 15.1 Å². The third-order valence-electron chi connectivity index (χ3n) is 5.62. The molecular weight excluding hydrogens is 579 g/mol. The summed E-state index contributed by atoms with van der Waals surface area (Å²) in [6.45, 7) is 0. The molecule has 1 amide bonds. The minimum atomic E-state index is -0.495. The van der Waals surface area contributed by atoms with E-state index in [4.69, 9.17) is 55.9 Å². The lowest BCUT2D eigenvalue weighted by molar-refractivity contribution is -0.115. The molecule has 0 unspecified atom stereocenters. The number of amides is 1. The van der Waals surface area contributed by atoms with Gasteiger partial charge in [-0.05, 0) is 72.9 Å². The lowest BCUT2D eigenvalue weighted by atomic mass is 10.1. The topological polar surface area (TPSA) is 84.5 Å². The van der Waals surface area contributed by atoms with Crippen molar-refractivity contribution in [2.45, 2.75) is 0 Å². The van der Waals surface area contributed by atoms with Crippen molar-refractivity contribution in [2.24, 2.45) is 0 Å². The molecule has 5 aromatic rings. The summed E-state index contributed by atoms with van der Waals surface area (Å²) < 4.78 is 11.2. The molecule has 0 fully saturated rings. The van der Waals surface area contributed by atoms with Crippen LogP contribution in [0, 0.1) is 0 Å². The number of halogens is 3. The first-order valence-corrected chi connectivity index (χ1v) is 13.0. The van der Waals surface area contributed by atoms with E-state index in [2.05, 4.69) is 10.6 Å². The van der Waals surface area contributed by atoms with Gasteiger partial charge in [0.25, 0.3) is 0 Å². The highest BCUT2D eigenvalue weighted by atomic mass is 35.5. The zero-order valence-corrected chi connectivity index (χ0v) is 22.9. The van der Waals surface area contributed by atoms with Gasteiger partial charge in [-0.2, -0.15) is 0 Å². The number of nitrogens with one attached hydrogen (secondary N) is 2. The van der Waals surface area contributed by atoms with Gasteiger partial charge in [-0.25, -0.2) is 4.79 Å². The predicted molar refractivity (Wildman–Crippen MR) is 160 cm³/mol. The first kappa shape index (κ1) is 26.7. The molecule has 0 aliphatic heterocycles. The quantitative estimate of drug-likeness (QED) is 0.121. The molecule has 0 radical (unpaired) electrons. The van der Waals surface area contributed by atoms with Gasteiger partial charge < -0.3 is 14.2 Å². The Labute approximate surface area is 242 Å². The van der Waals surface area contributed by atoms with Gasteiger partial charge in [-0.3, -0.25) is 10.1 Å². The van der Waals surface area contributed by atoms with Crippen LogP contribution in [-0.4, -0.2) is 11.0 Å². The Morgan fingerprint density at radius 3 is 2.38 bits per heavy atom. The van der Waals surface area contributed by atoms with Crippen LogP contribution in [0.3, 0.4) is 0 Å². The van der Waals surface area contributed by atoms with Gasteiger partial charge in [0.05, 0.1) is 15.6 Å². The molecule has 3 aromatic carbocycles. The van der Waals surface area contributed by atoms with Crippen molar-refractivity contribution < 1.29 is 13.6 Å². The second-order valence-electron chi connectivity index (χ2n) is 8.28. The standard InChI is InChI=1S/C29H17Cl3N2O4S/c30-17-5-9-21(23(31)14-17)26-11-7-19(37-26)8-12-27(35)34-29(39)33-18-6-10-20(24(32)15-18)22-13-16-3-1-2-4-25(16)38-28(22)36/h1-15H,(H2,33,34,35,39)/b12-8+. The average molecular weight is 596 g/mol. The molecule has 0 bridgehead atoms. The Bertz CT molecular complexity index is 1830. The second kappa shape index (κ2) is 11.5. The third kappa shape index (κ3) is 6.24. The van der Waals surface area contributed by atoms with E-state index in [1.807, 2.05) is 12.1 Å². The third-order valence-corrected chi connectivity index (χ3v) is 6.68. The molecule has 0 aliphatic carbocycles. The zero-order chi connectivity index (χ0) is 27.5. The fraction of sp³-hybridized carbons (Fsp3) is 0. The van der Waals surface area contributed by atoms with Crippen molar-refractivity contribution in [2.75, 3.05) is 5.32 Å². The Morgan fingerprint density at radius 1 is 0.821 bits per heavy atom. The van der Waals surface area contributed by atoms with Gasteiger partial charge >= 0.3 is 5.63 Å². The van der Waals surface area contributed by atoms with Crippen LogP contribution in [0.4, 0.5) is 5.69 Å². The van der Waals surface area contributed by atoms with Crippen molar-refractivity contribution in [3.63, 3.8) is 0 Å². The van der Waals surface area contributed by atoms with E-state index in [1.54, 1.807) is 66.7 Å². The number of rotatable bonds is 5. The highest BCUT2D eigenvalue weighted by Crippen LogP contribution is 2.32. The smallest absolute Gasteiger partial charge is 0.344 e. The molecule has 39 heavy (non-hydrogen) atoms. The van der Waals surface area contributed by atoms with Gasteiger partial charge in [0.1, 0.15) is 17.1 Å². The van der Waals surface area contributed by atoms with Crippen LogP contribution in [0.15, 0.2) is 98.6 Å². The SMILES string of the molecule is O=C(/C=C/c1ccc(-c2ccc(Cl)cc2Cl)o1)NC(=S)Nc1ccc(-c2cc3ccccc3oc2=O)c(Cl)c1. The minimum Gasteiger partial charge on any atom is -0.457 e. The molecule has 2 heterocycles. The van der Waals surface area contributed by atoms with Crippen LogP contribution in [0.1, 0.15) is 5.76 Å². The Kier molecular flexibility index (Phi) is 7.86. The molecule has 0 atom stereocenters. The normalized spacial score (nSPS) is 11.2. The molecule has 0 saturated carbocycles. The van der Waals surface area contributed by atoms with E-state index in [-0.39, 0.29) is 5.11 Å². The average Bonchev–Trinajstić information content (AvgIpc) is 3.36. The number of para-hydroxylation sites is 1. The van der Waals surface area contributed by atoms with Crippen LogP contribution < -0.4 is 16.3 Å². The van der Waals surface area contributed by atoms with E-state index in [9.17, 15) is 9.59 Å². The number of hydrogen-bond acceptors (Lipinski definition) is 5. The summed E-state index contributed by atoms with van der Waals surface area (Å²) >= 11 is 23.9. The van der Waals surface area contributed by atoms with Crippen molar-refractivity contribution in [3.8, 4) is 22.5 Å². The van der Waals surface area contributed by atoms with Gasteiger partial charge in [0.15, 0.2) is 5.11 Å². The largest absolute Gasteiger partial charge is 0.457 e. The Morgan fingerprint density at radius 2 is 1.59 bits per heavy atom. The summed E-state index contributed by atoms with van der Waals surface area (Å²) in [5.41, 5.74) is 2.06. The van der Waals surface area contributed by atoms with E-state index in [0.29, 0.717) is 54.5 Å². The first-order valence-electron chi connectivity index (χ1n) is 11.4. The summed E-state index contributed by atoms with van der Waals surface area (Å²) in [6.07, 6.45) is 2.79. The fourth-order valence-electron chi connectivity index (χ4n) is 3.81. The lowest BCUT2D eigenvalue weighted by Gasteiger charge is -2.10. The maximum absolute atomic E-state index is 12.5. The summed E-state index contributed by atoms with van der Waals surface area (Å²) in [5, 5.41) is 7.59. The number of hydrogen-bond donors (Lipinski definition) is 2. The van der Waals surface area contributed by atoms with Gasteiger partial charge in [-0.15, -0.1) is 0 Å². The molecule has 2 N–H and O–H groups in total. The van der Waals surface area contributed by atoms with Gasteiger partial charge in [0.2, 0.25) is 5.91 Å². The van der Waals surface area contributed by atoms with Gasteiger partial charge in [-0.1, -0.05) is 59.1 Å². The number of furan rings is 1. The maximum Gasteiger partial charge on any atom is 0.344 e. The van der Waals surface area contributed by atoms with Crippen molar-refractivity contribution in [1.29, 1.82) is 0 Å². The summed E-state index contributed by atoms with van der Waals surface area (Å²) in [6, 6.07) is 22.5. The maximum atomic E-state index is 12.5. The molecule has 0 saturated heterocycles. The highest BCUT2D eigenvalue weighted by molar-refractivity contribution is 7.80. The highest BCUT2D eigenvalue weighted by Gasteiger charge is 2.13. The molecule has 5 rings (SSSR count). The van der Waals surface area contributed by atoms with E-state index in [1.165, 1.54) is 12.2 Å². The van der Waals surface area contributed by atoms with Crippen molar-refractivity contribution >= 4 is 80.8 Å². The Balaban J connectivity index is 1.22. The van der Waals surface area contributed by atoms with E-state index in [0.717, 1.165) is 5.39 Å². The molecular formula is C29H17Cl3N2O4S. The van der Waals surface area contributed by atoms with Crippen LogP contribution >= 0.6 is 47.0 Å². The first-order chi connectivity index (χ1) is 18.8.